The molecule has 5 nitrogen and oxygen atoms in total. The number of aryl methyl sites for hydroxylation is 1. The highest BCUT2D eigenvalue weighted by Crippen LogP contribution is 2.18. The molecule has 0 aliphatic rings. The number of nitriles is 1. The maximum Gasteiger partial charge on any atom is 0.135 e. The van der Waals surface area contributed by atoms with E-state index in [9.17, 15) is 0 Å². The number of ether oxygens (including phenoxy) is 1. The first-order valence-electron chi connectivity index (χ1n) is 5.91. The summed E-state index contributed by atoms with van der Waals surface area (Å²) in [7, 11) is 1.62. The number of anilines is 1. The van der Waals surface area contributed by atoms with Gasteiger partial charge in [-0.3, -0.25) is 0 Å². The molecule has 0 saturated heterocycles. The molecule has 0 atom stereocenters. The maximum atomic E-state index is 9.13. The zero-order chi connectivity index (χ0) is 14.4. The Bertz CT molecular complexity index is 657. The van der Waals surface area contributed by atoms with E-state index in [1.807, 2.05) is 36.6 Å². The molecule has 0 unspecified atom stereocenters. The highest BCUT2D eigenvalue weighted by molar-refractivity contribution is 7.10. The summed E-state index contributed by atoms with van der Waals surface area (Å²) in [6.07, 6.45) is 1.59. The number of methoxy groups -OCH3 is 1. The first kappa shape index (κ1) is 13.9. The van der Waals surface area contributed by atoms with Crippen LogP contribution >= 0.6 is 11.3 Å². The number of hydrazine groups is 1. The lowest BCUT2D eigenvalue weighted by molar-refractivity contribution is 0.415. The Morgan fingerprint density at radius 3 is 3.00 bits per heavy atom. The van der Waals surface area contributed by atoms with Crippen LogP contribution in [0.25, 0.3) is 5.57 Å². The zero-order valence-electron chi connectivity index (χ0n) is 11.2. The number of rotatable bonds is 5. The van der Waals surface area contributed by atoms with Crippen LogP contribution in [0.3, 0.4) is 0 Å². The van der Waals surface area contributed by atoms with E-state index in [1.54, 1.807) is 13.3 Å². The standard InChI is InChI=1S/C14H14N4OS/c1-10-9-20-14(17-10)11(7-15)8-16-18-12-4-3-5-13(6-12)19-2/h3-6,8-9,16,18H,1-2H3/b11-8+. The van der Waals surface area contributed by atoms with Crippen LogP contribution in [0, 0.1) is 18.3 Å². The second-order valence-electron chi connectivity index (χ2n) is 3.97. The Balaban J connectivity index is 2.02. The monoisotopic (exact) mass is 286 g/mol. The van der Waals surface area contributed by atoms with Gasteiger partial charge in [0.1, 0.15) is 22.4 Å². The number of hydrogen-bond donors (Lipinski definition) is 2. The van der Waals surface area contributed by atoms with Crippen molar-refractivity contribution in [3.05, 3.63) is 46.5 Å². The van der Waals surface area contributed by atoms with Crippen molar-refractivity contribution in [3.63, 3.8) is 0 Å². The fraction of sp³-hybridized carbons (Fsp3) is 0.143. The van der Waals surface area contributed by atoms with Gasteiger partial charge in [0.2, 0.25) is 0 Å². The molecule has 102 valence electrons. The molecule has 0 spiro atoms. The summed E-state index contributed by atoms with van der Waals surface area (Å²) >= 11 is 1.44. The summed E-state index contributed by atoms with van der Waals surface area (Å²) in [6, 6.07) is 9.60. The molecule has 1 heterocycles. The SMILES string of the molecule is COc1cccc(NN/C=C(\C#N)c2nc(C)cs2)c1. The van der Waals surface area contributed by atoms with Crippen LogP contribution in [-0.2, 0) is 0 Å². The van der Waals surface area contributed by atoms with Crippen molar-refractivity contribution in [3.8, 4) is 11.8 Å². The second-order valence-corrected chi connectivity index (χ2v) is 4.82. The van der Waals surface area contributed by atoms with Crippen LogP contribution in [0.4, 0.5) is 5.69 Å². The zero-order valence-corrected chi connectivity index (χ0v) is 12.0. The molecule has 2 rings (SSSR count). The topological polar surface area (TPSA) is 70.0 Å². The Kier molecular flexibility index (Phi) is 4.58. The van der Waals surface area contributed by atoms with Crippen LogP contribution < -0.4 is 15.6 Å². The van der Waals surface area contributed by atoms with Crippen molar-refractivity contribution >= 4 is 22.6 Å². The van der Waals surface area contributed by atoms with Gasteiger partial charge in [-0.05, 0) is 19.1 Å². The van der Waals surface area contributed by atoms with E-state index in [4.69, 9.17) is 10.00 Å². The number of benzene rings is 1. The molecule has 6 heteroatoms. The van der Waals surface area contributed by atoms with Gasteiger partial charge in [0.25, 0.3) is 0 Å². The summed E-state index contributed by atoms with van der Waals surface area (Å²) < 4.78 is 5.13. The van der Waals surface area contributed by atoms with Crippen LogP contribution in [0.1, 0.15) is 10.7 Å². The van der Waals surface area contributed by atoms with Gasteiger partial charge in [-0.1, -0.05) is 6.07 Å². The number of thiazole rings is 1. The minimum absolute atomic E-state index is 0.485. The highest BCUT2D eigenvalue weighted by atomic mass is 32.1. The molecular weight excluding hydrogens is 272 g/mol. The van der Waals surface area contributed by atoms with E-state index in [1.165, 1.54) is 11.3 Å². The van der Waals surface area contributed by atoms with Gasteiger partial charge in [-0.2, -0.15) is 5.26 Å². The van der Waals surface area contributed by atoms with E-state index < -0.39 is 0 Å². The fourth-order valence-corrected chi connectivity index (χ4v) is 2.28. The summed E-state index contributed by atoms with van der Waals surface area (Å²) in [4.78, 5) is 4.27. The maximum absolute atomic E-state index is 9.13. The first-order chi connectivity index (χ1) is 9.72. The van der Waals surface area contributed by atoms with Gasteiger partial charge in [0, 0.05) is 23.3 Å². The summed E-state index contributed by atoms with van der Waals surface area (Å²) in [5.41, 5.74) is 8.10. The van der Waals surface area contributed by atoms with Crippen molar-refractivity contribution in [2.75, 3.05) is 12.5 Å². The third-order valence-corrected chi connectivity index (χ3v) is 3.47. The van der Waals surface area contributed by atoms with E-state index >= 15 is 0 Å². The van der Waals surface area contributed by atoms with Gasteiger partial charge in [-0.15, -0.1) is 11.3 Å². The molecule has 0 radical (unpaired) electrons. The van der Waals surface area contributed by atoms with E-state index in [0.717, 1.165) is 17.1 Å². The largest absolute Gasteiger partial charge is 0.497 e. The van der Waals surface area contributed by atoms with Gasteiger partial charge in [-0.25, -0.2) is 4.98 Å². The molecular formula is C14H14N4OS. The average molecular weight is 286 g/mol. The van der Waals surface area contributed by atoms with Crippen molar-refractivity contribution < 1.29 is 4.74 Å². The van der Waals surface area contributed by atoms with Crippen LogP contribution in [0.2, 0.25) is 0 Å². The number of allylic oxidation sites excluding steroid dienone is 1. The Labute approximate surface area is 121 Å². The fourth-order valence-electron chi connectivity index (χ4n) is 1.51. The predicted molar refractivity (Wildman–Crippen MR) is 80.2 cm³/mol. The minimum atomic E-state index is 0.485. The quantitative estimate of drug-likeness (QED) is 0.653. The van der Waals surface area contributed by atoms with E-state index in [0.29, 0.717) is 10.6 Å². The smallest absolute Gasteiger partial charge is 0.135 e. The van der Waals surface area contributed by atoms with Gasteiger partial charge < -0.3 is 15.6 Å². The molecule has 0 amide bonds. The molecule has 0 aliphatic carbocycles. The van der Waals surface area contributed by atoms with Crippen molar-refractivity contribution in [2.45, 2.75) is 6.92 Å². The highest BCUT2D eigenvalue weighted by Gasteiger charge is 2.04. The Hall–Kier alpha value is -2.52. The normalized spacial score (nSPS) is 10.8. The second kappa shape index (κ2) is 6.59. The molecule has 0 fully saturated rings. The Morgan fingerprint density at radius 1 is 1.50 bits per heavy atom. The van der Waals surface area contributed by atoms with E-state index in [2.05, 4.69) is 21.9 Å². The lowest BCUT2D eigenvalue weighted by Gasteiger charge is -2.07. The van der Waals surface area contributed by atoms with Gasteiger partial charge >= 0.3 is 0 Å². The third kappa shape index (κ3) is 3.49. The summed E-state index contributed by atoms with van der Waals surface area (Å²) in [5.74, 6) is 0.761. The molecule has 2 aromatic rings. The molecule has 1 aromatic heterocycles. The van der Waals surface area contributed by atoms with E-state index in [-0.39, 0.29) is 0 Å². The first-order valence-corrected chi connectivity index (χ1v) is 6.79. The van der Waals surface area contributed by atoms with Crippen LogP contribution in [-0.4, -0.2) is 12.1 Å². The summed E-state index contributed by atoms with van der Waals surface area (Å²) in [6.45, 7) is 1.90. The third-order valence-electron chi connectivity index (χ3n) is 2.47. The van der Waals surface area contributed by atoms with Crippen molar-refractivity contribution in [2.24, 2.45) is 0 Å². The predicted octanol–water partition coefficient (Wildman–Crippen LogP) is 2.94. The van der Waals surface area contributed by atoms with Crippen LogP contribution in [0.15, 0.2) is 35.8 Å². The summed E-state index contributed by atoms with van der Waals surface area (Å²) in [5, 5.41) is 11.7. The van der Waals surface area contributed by atoms with Gasteiger partial charge in [0.15, 0.2) is 0 Å². The van der Waals surface area contributed by atoms with Crippen LogP contribution in [0.5, 0.6) is 5.75 Å². The lowest BCUT2D eigenvalue weighted by atomic mass is 10.3. The lowest BCUT2D eigenvalue weighted by Crippen LogP contribution is -2.14. The minimum Gasteiger partial charge on any atom is -0.497 e. The molecule has 0 saturated carbocycles. The van der Waals surface area contributed by atoms with Crippen molar-refractivity contribution in [1.29, 1.82) is 5.26 Å². The number of nitrogens with zero attached hydrogens (tertiary/aromatic N) is 2. The Morgan fingerprint density at radius 2 is 2.35 bits per heavy atom. The number of nitrogens with one attached hydrogen (secondary N) is 2. The molecule has 1 aromatic carbocycles. The van der Waals surface area contributed by atoms with Gasteiger partial charge in [0.05, 0.1) is 12.8 Å². The number of aromatic nitrogens is 1. The molecule has 20 heavy (non-hydrogen) atoms. The number of hydrogen-bond acceptors (Lipinski definition) is 6. The average Bonchev–Trinajstić information content (AvgIpc) is 2.90. The molecule has 0 aliphatic heterocycles. The molecule has 0 bridgehead atoms. The molecule has 2 N–H and O–H groups in total. The van der Waals surface area contributed by atoms with Crippen molar-refractivity contribution in [1.82, 2.24) is 10.4 Å².